The van der Waals surface area contributed by atoms with Gasteiger partial charge in [0.1, 0.15) is 5.56 Å². The summed E-state index contributed by atoms with van der Waals surface area (Å²) >= 11 is 3.35. The second-order valence-electron chi connectivity index (χ2n) is 5.34. The van der Waals surface area contributed by atoms with Gasteiger partial charge in [-0.1, -0.05) is 40.2 Å². The predicted octanol–water partition coefficient (Wildman–Crippen LogP) is 4.06. The van der Waals surface area contributed by atoms with Crippen LogP contribution in [0.25, 0.3) is 5.69 Å². The molecule has 0 atom stereocenters. The molecule has 132 valence electrons. The van der Waals surface area contributed by atoms with E-state index >= 15 is 0 Å². The van der Waals surface area contributed by atoms with Gasteiger partial charge in [-0.15, -0.1) is 0 Å². The Morgan fingerprint density at radius 1 is 1.15 bits per heavy atom. The molecule has 0 bridgehead atoms. The number of aromatic nitrogens is 2. The molecule has 6 nitrogen and oxygen atoms in total. The number of ether oxygens (including phenoxy) is 1. The van der Waals surface area contributed by atoms with Gasteiger partial charge in [0.25, 0.3) is 5.91 Å². The molecule has 2 aromatic carbocycles. The lowest BCUT2D eigenvalue weighted by Crippen LogP contribution is -2.18. The lowest BCUT2D eigenvalue weighted by atomic mass is 10.2. The SMILES string of the molecule is CCOC(=O)c1cnn(-c2ccccc2)c1NC(=O)c1cccc(Br)c1. The fraction of sp³-hybridized carbons (Fsp3) is 0.105. The summed E-state index contributed by atoms with van der Waals surface area (Å²) in [5, 5.41) is 7.03. The van der Waals surface area contributed by atoms with E-state index in [-0.39, 0.29) is 23.9 Å². The van der Waals surface area contributed by atoms with E-state index in [9.17, 15) is 9.59 Å². The number of esters is 1. The first-order valence-corrected chi connectivity index (χ1v) is 8.77. The molecule has 0 spiro atoms. The molecule has 1 aromatic heterocycles. The van der Waals surface area contributed by atoms with Crippen molar-refractivity contribution in [2.45, 2.75) is 6.92 Å². The maximum atomic E-state index is 12.7. The van der Waals surface area contributed by atoms with Crippen molar-refractivity contribution in [2.75, 3.05) is 11.9 Å². The van der Waals surface area contributed by atoms with Gasteiger partial charge >= 0.3 is 5.97 Å². The Morgan fingerprint density at radius 3 is 2.62 bits per heavy atom. The zero-order valence-electron chi connectivity index (χ0n) is 14.0. The number of anilines is 1. The summed E-state index contributed by atoms with van der Waals surface area (Å²) in [6.45, 7) is 1.95. The highest BCUT2D eigenvalue weighted by molar-refractivity contribution is 9.10. The van der Waals surface area contributed by atoms with Gasteiger partial charge in [0.05, 0.1) is 18.5 Å². The number of amides is 1. The molecule has 26 heavy (non-hydrogen) atoms. The van der Waals surface area contributed by atoms with Gasteiger partial charge in [0.15, 0.2) is 5.82 Å². The topological polar surface area (TPSA) is 73.2 Å². The van der Waals surface area contributed by atoms with Crippen LogP contribution in [0.1, 0.15) is 27.6 Å². The number of nitrogens with one attached hydrogen (secondary N) is 1. The number of benzene rings is 2. The van der Waals surface area contributed by atoms with Crippen LogP contribution in [0.4, 0.5) is 5.82 Å². The quantitative estimate of drug-likeness (QED) is 0.639. The van der Waals surface area contributed by atoms with Crippen molar-refractivity contribution in [1.82, 2.24) is 9.78 Å². The average molecular weight is 414 g/mol. The summed E-state index contributed by atoms with van der Waals surface area (Å²) in [4.78, 5) is 24.9. The van der Waals surface area contributed by atoms with Crippen LogP contribution in [-0.2, 0) is 4.74 Å². The van der Waals surface area contributed by atoms with E-state index in [4.69, 9.17) is 4.74 Å². The summed E-state index contributed by atoms with van der Waals surface area (Å²) < 4.78 is 7.36. The van der Waals surface area contributed by atoms with Crippen molar-refractivity contribution in [2.24, 2.45) is 0 Å². The number of hydrogen-bond donors (Lipinski definition) is 1. The highest BCUT2D eigenvalue weighted by Crippen LogP contribution is 2.22. The fourth-order valence-corrected chi connectivity index (χ4v) is 2.80. The summed E-state index contributed by atoms with van der Waals surface area (Å²) in [5.74, 6) is -0.631. The molecule has 0 unspecified atom stereocenters. The Balaban J connectivity index is 2.01. The molecule has 0 aliphatic rings. The number of carbonyl (C=O) groups is 2. The standard InChI is InChI=1S/C19H16BrN3O3/c1-2-26-19(25)16-12-21-23(15-9-4-3-5-10-15)17(16)22-18(24)13-7-6-8-14(20)11-13/h3-12H,2H2,1H3,(H,22,24). The second kappa shape index (κ2) is 7.97. The van der Waals surface area contributed by atoms with Gasteiger partial charge in [-0.3, -0.25) is 4.79 Å². The van der Waals surface area contributed by atoms with Gasteiger partial charge in [-0.05, 0) is 37.3 Å². The highest BCUT2D eigenvalue weighted by Gasteiger charge is 2.22. The third-order valence-electron chi connectivity index (χ3n) is 3.58. The summed E-state index contributed by atoms with van der Waals surface area (Å²) in [6.07, 6.45) is 1.39. The number of hydrogen-bond acceptors (Lipinski definition) is 4. The van der Waals surface area contributed by atoms with Crippen LogP contribution in [0.15, 0.2) is 65.3 Å². The van der Waals surface area contributed by atoms with Gasteiger partial charge in [-0.2, -0.15) is 5.10 Å². The smallest absolute Gasteiger partial charge is 0.343 e. The van der Waals surface area contributed by atoms with Crippen LogP contribution >= 0.6 is 15.9 Å². The van der Waals surface area contributed by atoms with Crippen molar-refractivity contribution < 1.29 is 14.3 Å². The van der Waals surface area contributed by atoms with Crippen molar-refractivity contribution in [3.63, 3.8) is 0 Å². The molecule has 7 heteroatoms. The van der Waals surface area contributed by atoms with Gasteiger partial charge < -0.3 is 10.1 Å². The van der Waals surface area contributed by atoms with Crippen LogP contribution in [0.5, 0.6) is 0 Å². The molecule has 3 aromatic rings. The first-order valence-electron chi connectivity index (χ1n) is 7.97. The Hall–Kier alpha value is -2.93. The Labute approximate surface area is 158 Å². The zero-order chi connectivity index (χ0) is 18.5. The van der Waals surface area contributed by atoms with E-state index in [0.29, 0.717) is 11.3 Å². The van der Waals surface area contributed by atoms with E-state index in [2.05, 4.69) is 26.3 Å². The van der Waals surface area contributed by atoms with E-state index in [0.717, 1.165) is 4.47 Å². The van der Waals surface area contributed by atoms with E-state index < -0.39 is 5.97 Å². The molecule has 1 heterocycles. The Bertz CT molecular complexity index is 938. The maximum Gasteiger partial charge on any atom is 0.343 e. The molecule has 0 aliphatic carbocycles. The minimum absolute atomic E-state index is 0.194. The van der Waals surface area contributed by atoms with E-state index in [1.54, 1.807) is 25.1 Å². The lowest BCUT2D eigenvalue weighted by Gasteiger charge is -2.11. The molecule has 0 saturated carbocycles. The second-order valence-corrected chi connectivity index (χ2v) is 6.25. The van der Waals surface area contributed by atoms with Gasteiger partial charge in [0, 0.05) is 10.0 Å². The Kier molecular flexibility index (Phi) is 5.48. The number of rotatable bonds is 5. The average Bonchev–Trinajstić information content (AvgIpc) is 3.06. The first-order chi connectivity index (χ1) is 12.6. The monoisotopic (exact) mass is 413 g/mol. The molecular formula is C19H16BrN3O3. The van der Waals surface area contributed by atoms with Crippen molar-refractivity contribution in [1.29, 1.82) is 0 Å². The van der Waals surface area contributed by atoms with Gasteiger partial charge in [-0.25, -0.2) is 9.48 Å². The van der Waals surface area contributed by atoms with Crippen LogP contribution in [-0.4, -0.2) is 28.3 Å². The van der Waals surface area contributed by atoms with Crippen molar-refractivity contribution in [3.8, 4) is 5.69 Å². The largest absolute Gasteiger partial charge is 0.462 e. The fourth-order valence-electron chi connectivity index (χ4n) is 2.40. The normalized spacial score (nSPS) is 10.4. The maximum absolute atomic E-state index is 12.7. The third kappa shape index (κ3) is 3.83. The predicted molar refractivity (Wildman–Crippen MR) is 102 cm³/mol. The van der Waals surface area contributed by atoms with Gasteiger partial charge in [0.2, 0.25) is 0 Å². The number of para-hydroxylation sites is 1. The van der Waals surface area contributed by atoms with Crippen LogP contribution in [0, 0.1) is 0 Å². The summed E-state index contributed by atoms with van der Waals surface area (Å²) in [7, 11) is 0. The molecular weight excluding hydrogens is 398 g/mol. The summed E-state index contributed by atoms with van der Waals surface area (Å²) in [5.41, 5.74) is 1.36. The summed E-state index contributed by atoms with van der Waals surface area (Å²) in [6, 6.07) is 16.2. The molecule has 0 fully saturated rings. The van der Waals surface area contributed by atoms with Crippen LogP contribution in [0.3, 0.4) is 0 Å². The molecule has 3 rings (SSSR count). The number of nitrogens with zero attached hydrogens (tertiary/aromatic N) is 2. The molecule has 0 aliphatic heterocycles. The molecule has 0 saturated heterocycles. The first kappa shape index (κ1) is 17.9. The molecule has 0 radical (unpaired) electrons. The van der Waals surface area contributed by atoms with Crippen LogP contribution in [0.2, 0.25) is 0 Å². The Morgan fingerprint density at radius 2 is 1.92 bits per heavy atom. The minimum Gasteiger partial charge on any atom is -0.462 e. The minimum atomic E-state index is -0.542. The zero-order valence-corrected chi connectivity index (χ0v) is 15.6. The third-order valence-corrected chi connectivity index (χ3v) is 4.08. The lowest BCUT2D eigenvalue weighted by molar-refractivity contribution is 0.0527. The van der Waals surface area contributed by atoms with Crippen LogP contribution < -0.4 is 5.32 Å². The van der Waals surface area contributed by atoms with E-state index in [1.807, 2.05) is 36.4 Å². The van der Waals surface area contributed by atoms with Crippen molar-refractivity contribution in [3.05, 3.63) is 76.4 Å². The van der Waals surface area contributed by atoms with Crippen molar-refractivity contribution >= 4 is 33.6 Å². The number of carbonyl (C=O) groups excluding carboxylic acids is 2. The molecule has 1 N–H and O–H groups in total. The molecule has 1 amide bonds. The van der Waals surface area contributed by atoms with E-state index in [1.165, 1.54) is 10.9 Å². The number of halogens is 1. The highest BCUT2D eigenvalue weighted by atomic mass is 79.9.